The number of benzene rings is 2. The summed E-state index contributed by atoms with van der Waals surface area (Å²) in [5.41, 5.74) is 2.24. The topological polar surface area (TPSA) is 47.6 Å². The summed E-state index contributed by atoms with van der Waals surface area (Å²) in [6.07, 6.45) is 0. The van der Waals surface area contributed by atoms with Gasteiger partial charge in [0, 0.05) is 5.69 Å². The van der Waals surface area contributed by atoms with Gasteiger partial charge in [-0.05, 0) is 29.8 Å². The second kappa shape index (κ2) is 7.56. The first kappa shape index (κ1) is 16.0. The van der Waals surface area contributed by atoms with Crippen molar-refractivity contribution in [1.29, 1.82) is 0 Å². The lowest BCUT2D eigenvalue weighted by molar-refractivity contribution is -0.135. The molecule has 5 heteroatoms. The van der Waals surface area contributed by atoms with Gasteiger partial charge in [0.25, 0.3) is 0 Å². The molecule has 2 aromatic carbocycles. The molecule has 2 rings (SSSR count). The molecule has 0 radical (unpaired) electrons. The fourth-order valence-electron chi connectivity index (χ4n) is 1.89. The molecule has 1 N–H and O–H groups in total. The van der Waals surface area contributed by atoms with Gasteiger partial charge in [0.05, 0.1) is 19.9 Å². The van der Waals surface area contributed by atoms with Gasteiger partial charge in [0.2, 0.25) is 0 Å². The highest BCUT2D eigenvalue weighted by Crippen LogP contribution is 2.25. The first-order valence-corrected chi connectivity index (χ1v) is 7.08. The summed E-state index contributed by atoms with van der Waals surface area (Å²) in [7, 11) is 2.94. The fraction of sp³-hybridized carbons (Fsp3) is 0.118. The lowest BCUT2D eigenvalue weighted by atomic mass is 10.1. The van der Waals surface area contributed by atoms with Crippen molar-refractivity contribution in [3.05, 3.63) is 65.1 Å². The minimum atomic E-state index is -0.497. The largest absolute Gasteiger partial charge is 0.497 e. The Morgan fingerprint density at radius 3 is 2.18 bits per heavy atom. The molecule has 0 spiro atoms. The summed E-state index contributed by atoms with van der Waals surface area (Å²) >= 11 is 4.30. The zero-order valence-electron chi connectivity index (χ0n) is 12.4. The van der Waals surface area contributed by atoms with E-state index in [1.165, 1.54) is 7.11 Å². The Labute approximate surface area is 135 Å². The number of hydrogen-bond acceptors (Lipinski definition) is 5. The van der Waals surface area contributed by atoms with Gasteiger partial charge in [-0.3, -0.25) is 0 Å². The van der Waals surface area contributed by atoms with E-state index in [-0.39, 0.29) is 4.91 Å². The lowest BCUT2D eigenvalue weighted by Crippen LogP contribution is -2.08. The molecule has 0 amide bonds. The quantitative estimate of drug-likeness (QED) is 0.503. The molecule has 0 atom stereocenters. The second-order valence-corrected chi connectivity index (χ2v) is 4.88. The van der Waals surface area contributed by atoms with Crippen LogP contribution in [-0.4, -0.2) is 20.2 Å². The molecule has 22 heavy (non-hydrogen) atoms. The van der Waals surface area contributed by atoms with Crippen LogP contribution in [0.15, 0.2) is 59.5 Å². The predicted molar refractivity (Wildman–Crippen MR) is 91.0 cm³/mol. The van der Waals surface area contributed by atoms with E-state index >= 15 is 0 Å². The average Bonchev–Trinajstić information content (AvgIpc) is 2.59. The van der Waals surface area contributed by atoms with Crippen molar-refractivity contribution in [2.45, 2.75) is 0 Å². The van der Waals surface area contributed by atoms with Crippen molar-refractivity contribution in [3.63, 3.8) is 0 Å². The highest BCUT2D eigenvalue weighted by atomic mass is 32.1. The number of rotatable bonds is 5. The maximum absolute atomic E-state index is 11.8. The van der Waals surface area contributed by atoms with Gasteiger partial charge in [-0.1, -0.05) is 30.3 Å². The summed E-state index contributed by atoms with van der Waals surface area (Å²) in [6, 6.07) is 16.9. The van der Waals surface area contributed by atoms with Crippen molar-refractivity contribution < 1.29 is 14.3 Å². The van der Waals surface area contributed by atoms with E-state index in [0.717, 1.165) is 17.0 Å². The van der Waals surface area contributed by atoms with Gasteiger partial charge in [0.1, 0.15) is 10.7 Å². The molecule has 2 aromatic rings. The molecule has 4 nitrogen and oxygen atoms in total. The van der Waals surface area contributed by atoms with Crippen LogP contribution in [0.5, 0.6) is 5.75 Å². The van der Waals surface area contributed by atoms with E-state index in [0.29, 0.717) is 5.70 Å². The van der Waals surface area contributed by atoms with Crippen molar-refractivity contribution in [2.24, 2.45) is 0 Å². The first-order valence-electron chi connectivity index (χ1n) is 6.63. The molecule has 0 aromatic heterocycles. The highest BCUT2D eigenvalue weighted by molar-refractivity contribution is 7.85. The van der Waals surface area contributed by atoms with E-state index in [9.17, 15) is 4.79 Å². The van der Waals surface area contributed by atoms with Crippen LogP contribution in [0, 0.1) is 0 Å². The van der Waals surface area contributed by atoms with Crippen LogP contribution in [0.4, 0.5) is 5.69 Å². The second-order valence-electron chi connectivity index (χ2n) is 4.43. The summed E-state index contributed by atoms with van der Waals surface area (Å²) in [6.45, 7) is 0. The van der Waals surface area contributed by atoms with Gasteiger partial charge in [-0.15, -0.1) is 12.6 Å². The molecular weight excluding hydrogens is 298 g/mol. The van der Waals surface area contributed by atoms with Gasteiger partial charge < -0.3 is 14.8 Å². The van der Waals surface area contributed by atoms with Crippen LogP contribution in [0.3, 0.4) is 0 Å². The Bertz CT molecular complexity index is 666. The summed E-state index contributed by atoms with van der Waals surface area (Å²) in [5.74, 6) is 0.262. The Hall–Kier alpha value is -2.40. The minimum Gasteiger partial charge on any atom is -0.497 e. The van der Waals surface area contributed by atoms with E-state index in [2.05, 4.69) is 17.9 Å². The van der Waals surface area contributed by atoms with Crippen LogP contribution in [0.1, 0.15) is 5.56 Å². The molecule has 0 aliphatic rings. The van der Waals surface area contributed by atoms with Crippen molar-refractivity contribution in [2.75, 3.05) is 19.5 Å². The number of anilines is 1. The number of hydrogen-bond donors (Lipinski definition) is 2. The third-order valence-electron chi connectivity index (χ3n) is 3.04. The predicted octanol–water partition coefficient (Wildman–Crippen LogP) is 3.58. The van der Waals surface area contributed by atoms with E-state index in [1.54, 1.807) is 7.11 Å². The van der Waals surface area contributed by atoms with Crippen LogP contribution in [0.2, 0.25) is 0 Å². The zero-order valence-corrected chi connectivity index (χ0v) is 13.3. The number of esters is 1. The molecule has 0 aliphatic heterocycles. The summed E-state index contributed by atoms with van der Waals surface area (Å²) in [4.78, 5) is 12.0. The molecule has 0 unspecified atom stereocenters. The zero-order chi connectivity index (χ0) is 15.9. The summed E-state index contributed by atoms with van der Waals surface area (Å²) < 4.78 is 9.89. The van der Waals surface area contributed by atoms with Gasteiger partial charge in [-0.2, -0.15) is 0 Å². The third kappa shape index (κ3) is 3.83. The maximum Gasteiger partial charge on any atom is 0.346 e. The van der Waals surface area contributed by atoms with Crippen molar-refractivity contribution in [1.82, 2.24) is 0 Å². The van der Waals surface area contributed by atoms with Crippen LogP contribution in [-0.2, 0) is 9.53 Å². The number of methoxy groups -OCH3 is 2. The highest BCUT2D eigenvalue weighted by Gasteiger charge is 2.14. The van der Waals surface area contributed by atoms with E-state index in [1.807, 2.05) is 54.6 Å². The molecule has 0 saturated carbocycles. The standard InChI is InChI=1S/C17H17NO3S/c1-20-14-10-8-13(9-11-14)18-15(16(22)17(19)21-2)12-6-4-3-5-7-12/h3-11,18,22H,1-2H3/b16-15+. The van der Waals surface area contributed by atoms with Crippen molar-refractivity contribution in [3.8, 4) is 5.75 Å². The monoisotopic (exact) mass is 315 g/mol. The Morgan fingerprint density at radius 2 is 1.64 bits per heavy atom. The molecular formula is C17H17NO3S. The number of nitrogens with one attached hydrogen (secondary N) is 1. The number of carbonyl (C=O) groups is 1. The fourth-order valence-corrected chi connectivity index (χ4v) is 2.17. The van der Waals surface area contributed by atoms with Crippen LogP contribution >= 0.6 is 12.6 Å². The Morgan fingerprint density at radius 1 is 1.00 bits per heavy atom. The number of thiol groups is 1. The van der Waals surface area contributed by atoms with Crippen molar-refractivity contribution >= 4 is 30.0 Å². The van der Waals surface area contributed by atoms with Gasteiger partial charge in [-0.25, -0.2) is 4.79 Å². The van der Waals surface area contributed by atoms with Crippen LogP contribution in [0.25, 0.3) is 5.70 Å². The minimum absolute atomic E-state index is 0.213. The summed E-state index contributed by atoms with van der Waals surface area (Å²) in [5, 5.41) is 3.21. The smallest absolute Gasteiger partial charge is 0.346 e. The normalized spacial score (nSPS) is 11.4. The Kier molecular flexibility index (Phi) is 5.49. The maximum atomic E-state index is 11.8. The third-order valence-corrected chi connectivity index (χ3v) is 3.44. The molecule has 114 valence electrons. The lowest BCUT2D eigenvalue weighted by Gasteiger charge is -2.14. The number of carbonyl (C=O) groups excluding carboxylic acids is 1. The first-order chi connectivity index (χ1) is 10.7. The van der Waals surface area contributed by atoms with Crippen LogP contribution < -0.4 is 10.1 Å². The average molecular weight is 315 g/mol. The SMILES string of the molecule is COC(=O)/C(S)=C(\Nc1ccc(OC)cc1)c1ccccc1. The molecule has 0 aliphatic carbocycles. The van der Waals surface area contributed by atoms with Gasteiger partial charge in [0.15, 0.2) is 0 Å². The molecule has 0 fully saturated rings. The van der Waals surface area contributed by atoms with E-state index < -0.39 is 5.97 Å². The van der Waals surface area contributed by atoms with E-state index in [4.69, 9.17) is 9.47 Å². The molecule has 0 bridgehead atoms. The Balaban J connectivity index is 2.38. The number of ether oxygens (including phenoxy) is 2. The van der Waals surface area contributed by atoms with Gasteiger partial charge >= 0.3 is 5.97 Å². The molecule has 0 heterocycles. The molecule has 0 saturated heterocycles.